The molecule has 0 fully saturated rings. The molecule has 0 aliphatic heterocycles. The molecule has 0 aliphatic carbocycles. The van der Waals surface area contributed by atoms with E-state index in [4.69, 9.17) is 0 Å². The van der Waals surface area contributed by atoms with Crippen molar-refractivity contribution in [3.05, 3.63) is 34.4 Å². The predicted octanol–water partition coefficient (Wildman–Crippen LogP) is 1.54. The second-order valence-electron chi connectivity index (χ2n) is 3.68. The number of amides is 1. The Bertz CT molecular complexity index is 399. The molecule has 0 saturated heterocycles. The van der Waals surface area contributed by atoms with Crippen LogP contribution in [0.2, 0.25) is 0 Å². The molecular weight excluding hydrogens is 190 g/mol. The summed E-state index contributed by atoms with van der Waals surface area (Å²) in [4.78, 5) is 23.0. The van der Waals surface area contributed by atoms with E-state index in [-0.39, 0.29) is 0 Å². The molecule has 1 N–H and O–H groups in total. The monoisotopic (exact) mass is 205 g/mol. The number of hydrogen-bond donors (Lipinski definition) is 1. The van der Waals surface area contributed by atoms with Gasteiger partial charge >= 0.3 is 0 Å². The molecule has 3 nitrogen and oxygen atoms in total. The minimum atomic E-state index is -0.565. The number of ketones is 1. The molecule has 1 aromatic carbocycles. The zero-order valence-corrected chi connectivity index (χ0v) is 9.47. The molecule has 0 heterocycles. The van der Waals surface area contributed by atoms with E-state index in [1.54, 1.807) is 0 Å². The summed E-state index contributed by atoms with van der Waals surface area (Å²) in [6, 6.07) is 3.81. The highest BCUT2D eigenvalue weighted by molar-refractivity contribution is 6.43. The van der Waals surface area contributed by atoms with Crippen LogP contribution < -0.4 is 5.32 Å². The van der Waals surface area contributed by atoms with E-state index in [0.29, 0.717) is 5.56 Å². The van der Waals surface area contributed by atoms with Crippen molar-refractivity contribution in [2.24, 2.45) is 0 Å². The van der Waals surface area contributed by atoms with Crippen molar-refractivity contribution < 1.29 is 9.59 Å². The number of hydrogen-bond acceptors (Lipinski definition) is 2. The molecule has 1 amide bonds. The number of nitrogens with one attached hydrogen (secondary N) is 1. The van der Waals surface area contributed by atoms with E-state index in [0.717, 1.165) is 16.7 Å². The third-order valence-electron chi connectivity index (χ3n) is 2.34. The second kappa shape index (κ2) is 4.26. The molecule has 0 radical (unpaired) electrons. The summed E-state index contributed by atoms with van der Waals surface area (Å²) in [5.74, 6) is -1.03. The minimum Gasteiger partial charge on any atom is -0.352 e. The highest BCUT2D eigenvalue weighted by atomic mass is 16.2. The lowest BCUT2D eigenvalue weighted by molar-refractivity contribution is -0.116. The van der Waals surface area contributed by atoms with Gasteiger partial charge in [-0.25, -0.2) is 0 Å². The molecular formula is C12H15NO2. The van der Waals surface area contributed by atoms with Gasteiger partial charge in [0.2, 0.25) is 0 Å². The van der Waals surface area contributed by atoms with Gasteiger partial charge in [0.05, 0.1) is 0 Å². The Balaban J connectivity index is 3.26. The predicted molar refractivity (Wildman–Crippen MR) is 59.1 cm³/mol. The summed E-state index contributed by atoms with van der Waals surface area (Å²) in [5.41, 5.74) is 3.31. The minimum absolute atomic E-state index is 0.465. The Kier molecular flexibility index (Phi) is 3.24. The Morgan fingerprint density at radius 2 is 1.53 bits per heavy atom. The molecule has 0 atom stereocenters. The van der Waals surface area contributed by atoms with Crippen LogP contribution in [-0.4, -0.2) is 18.7 Å². The normalized spacial score (nSPS) is 9.87. The first-order valence-corrected chi connectivity index (χ1v) is 4.81. The Hall–Kier alpha value is -1.64. The third kappa shape index (κ3) is 2.24. The summed E-state index contributed by atoms with van der Waals surface area (Å²) in [5, 5.41) is 2.34. The SMILES string of the molecule is CNC(=O)C(=O)c1c(C)cc(C)cc1C. The number of carbonyl (C=O) groups excluding carboxylic acids is 2. The van der Waals surface area contributed by atoms with Crippen molar-refractivity contribution in [1.82, 2.24) is 5.32 Å². The number of likely N-dealkylation sites (N-methyl/N-ethyl adjacent to an activating group) is 1. The highest BCUT2D eigenvalue weighted by Crippen LogP contribution is 2.16. The van der Waals surface area contributed by atoms with Gasteiger partial charge in [-0.2, -0.15) is 0 Å². The van der Waals surface area contributed by atoms with Gasteiger partial charge in [-0.15, -0.1) is 0 Å². The zero-order valence-electron chi connectivity index (χ0n) is 9.47. The summed E-state index contributed by atoms with van der Waals surface area (Å²) in [6.45, 7) is 5.65. The molecule has 0 spiro atoms. The van der Waals surface area contributed by atoms with E-state index in [1.807, 2.05) is 32.9 Å². The number of rotatable bonds is 2. The molecule has 80 valence electrons. The van der Waals surface area contributed by atoms with Crippen LogP contribution >= 0.6 is 0 Å². The Labute approximate surface area is 89.5 Å². The number of benzene rings is 1. The molecule has 0 aromatic heterocycles. The van der Waals surface area contributed by atoms with Gasteiger partial charge in [0.25, 0.3) is 11.7 Å². The first-order valence-electron chi connectivity index (χ1n) is 4.81. The van der Waals surface area contributed by atoms with Crippen molar-refractivity contribution in [2.75, 3.05) is 7.05 Å². The van der Waals surface area contributed by atoms with Crippen LogP contribution in [0.1, 0.15) is 27.0 Å². The highest BCUT2D eigenvalue weighted by Gasteiger charge is 2.18. The maximum atomic E-state index is 11.7. The zero-order chi connectivity index (χ0) is 11.6. The molecule has 1 aromatic rings. The summed E-state index contributed by atoms with van der Waals surface area (Å²) < 4.78 is 0. The lowest BCUT2D eigenvalue weighted by Crippen LogP contribution is -2.28. The Morgan fingerprint density at radius 3 is 1.93 bits per heavy atom. The average molecular weight is 205 g/mol. The standard InChI is InChI=1S/C12H15NO2/c1-7-5-8(2)10(9(3)6-7)11(14)12(15)13-4/h5-6H,1-4H3,(H,13,15). The average Bonchev–Trinajstić information content (AvgIpc) is 2.14. The molecule has 0 bridgehead atoms. The molecule has 3 heteroatoms. The van der Waals surface area contributed by atoms with Gasteiger partial charge in [0.1, 0.15) is 0 Å². The van der Waals surface area contributed by atoms with Crippen molar-refractivity contribution in [2.45, 2.75) is 20.8 Å². The van der Waals surface area contributed by atoms with Gasteiger partial charge < -0.3 is 5.32 Å². The van der Waals surface area contributed by atoms with Gasteiger partial charge in [-0.05, 0) is 31.9 Å². The fourth-order valence-electron chi connectivity index (χ4n) is 1.77. The quantitative estimate of drug-likeness (QED) is 0.588. The number of carbonyl (C=O) groups is 2. The molecule has 0 saturated carbocycles. The van der Waals surface area contributed by atoms with Crippen molar-refractivity contribution in [3.63, 3.8) is 0 Å². The van der Waals surface area contributed by atoms with E-state index in [2.05, 4.69) is 5.32 Å². The van der Waals surface area contributed by atoms with Crippen LogP contribution in [-0.2, 0) is 4.79 Å². The van der Waals surface area contributed by atoms with Crippen LogP contribution in [0.4, 0.5) is 0 Å². The maximum Gasteiger partial charge on any atom is 0.292 e. The van der Waals surface area contributed by atoms with Gasteiger partial charge in [-0.1, -0.05) is 17.7 Å². The smallest absolute Gasteiger partial charge is 0.292 e. The van der Waals surface area contributed by atoms with Crippen LogP contribution in [0.15, 0.2) is 12.1 Å². The third-order valence-corrected chi connectivity index (χ3v) is 2.34. The number of Topliss-reactive ketones (excluding diaryl/α,β-unsaturated/α-hetero) is 1. The van der Waals surface area contributed by atoms with Crippen LogP contribution in [0.25, 0.3) is 0 Å². The molecule has 0 unspecified atom stereocenters. The Morgan fingerprint density at radius 1 is 1.07 bits per heavy atom. The maximum absolute atomic E-state index is 11.7. The molecule has 0 aliphatic rings. The lowest BCUT2D eigenvalue weighted by atomic mass is 9.96. The topological polar surface area (TPSA) is 46.2 Å². The molecule has 1 rings (SSSR count). The van der Waals surface area contributed by atoms with Crippen molar-refractivity contribution in [1.29, 1.82) is 0 Å². The van der Waals surface area contributed by atoms with Gasteiger partial charge in [0.15, 0.2) is 0 Å². The largest absolute Gasteiger partial charge is 0.352 e. The second-order valence-corrected chi connectivity index (χ2v) is 3.68. The fourth-order valence-corrected chi connectivity index (χ4v) is 1.77. The lowest BCUT2D eigenvalue weighted by Gasteiger charge is -2.09. The molecule has 15 heavy (non-hydrogen) atoms. The van der Waals surface area contributed by atoms with Crippen molar-refractivity contribution in [3.8, 4) is 0 Å². The van der Waals surface area contributed by atoms with E-state index in [1.165, 1.54) is 7.05 Å². The van der Waals surface area contributed by atoms with E-state index in [9.17, 15) is 9.59 Å². The van der Waals surface area contributed by atoms with Gasteiger partial charge in [0, 0.05) is 12.6 Å². The first-order chi connectivity index (χ1) is 6.97. The first kappa shape index (κ1) is 11.4. The van der Waals surface area contributed by atoms with Crippen LogP contribution in [0.3, 0.4) is 0 Å². The van der Waals surface area contributed by atoms with Crippen molar-refractivity contribution >= 4 is 11.7 Å². The van der Waals surface area contributed by atoms with E-state index >= 15 is 0 Å². The van der Waals surface area contributed by atoms with Gasteiger partial charge in [-0.3, -0.25) is 9.59 Å². The van der Waals surface area contributed by atoms with Crippen LogP contribution in [0, 0.1) is 20.8 Å². The number of aryl methyl sites for hydroxylation is 3. The summed E-state index contributed by atoms with van der Waals surface area (Å²) >= 11 is 0. The van der Waals surface area contributed by atoms with E-state index < -0.39 is 11.7 Å². The van der Waals surface area contributed by atoms with Crippen LogP contribution in [0.5, 0.6) is 0 Å². The fraction of sp³-hybridized carbons (Fsp3) is 0.333. The summed E-state index contributed by atoms with van der Waals surface area (Å²) in [7, 11) is 1.46. The summed E-state index contributed by atoms with van der Waals surface area (Å²) in [6.07, 6.45) is 0.